The average Bonchev–Trinajstić information content (AvgIpc) is 2.93. The quantitative estimate of drug-likeness (QED) is 0.698. The van der Waals surface area contributed by atoms with Gasteiger partial charge in [-0.05, 0) is 73.9 Å². The van der Waals surface area contributed by atoms with Crippen molar-refractivity contribution in [1.82, 2.24) is 5.32 Å². The highest BCUT2D eigenvalue weighted by atomic mass is 79.9. The first kappa shape index (κ1) is 15.0. The minimum Gasteiger partial charge on any atom is -0.348 e. The molecular formula is C15H19Br2NOS. The van der Waals surface area contributed by atoms with E-state index in [0.29, 0.717) is 0 Å². The monoisotopic (exact) mass is 419 g/mol. The highest BCUT2D eigenvalue weighted by Crippen LogP contribution is 2.62. The van der Waals surface area contributed by atoms with Crippen LogP contribution in [0, 0.1) is 16.7 Å². The lowest BCUT2D eigenvalue weighted by Crippen LogP contribution is -2.52. The third-order valence-corrected chi connectivity index (χ3v) is 7.79. The van der Waals surface area contributed by atoms with Gasteiger partial charge in [-0.25, -0.2) is 0 Å². The van der Waals surface area contributed by atoms with E-state index in [9.17, 15) is 4.79 Å². The molecule has 0 saturated heterocycles. The van der Waals surface area contributed by atoms with Crippen molar-refractivity contribution >= 4 is 49.1 Å². The van der Waals surface area contributed by atoms with Gasteiger partial charge in [0.1, 0.15) is 0 Å². The lowest BCUT2D eigenvalue weighted by molar-refractivity contribution is 0.0737. The summed E-state index contributed by atoms with van der Waals surface area (Å²) in [6.07, 6.45) is 3.80. The van der Waals surface area contributed by atoms with Crippen LogP contribution in [0.3, 0.4) is 0 Å². The van der Waals surface area contributed by atoms with Gasteiger partial charge in [-0.1, -0.05) is 20.8 Å². The van der Waals surface area contributed by atoms with Crippen LogP contribution < -0.4 is 5.32 Å². The maximum Gasteiger partial charge on any atom is 0.253 e. The van der Waals surface area contributed by atoms with Gasteiger partial charge in [0, 0.05) is 6.04 Å². The first-order chi connectivity index (χ1) is 9.24. The Morgan fingerprint density at radius 3 is 2.60 bits per heavy atom. The zero-order valence-electron chi connectivity index (χ0n) is 11.9. The Kier molecular flexibility index (Phi) is 3.62. The van der Waals surface area contributed by atoms with Crippen molar-refractivity contribution in [1.29, 1.82) is 0 Å². The van der Waals surface area contributed by atoms with E-state index in [1.165, 1.54) is 19.3 Å². The SMILES string of the molecule is CC12CCC(C1)C(C)(C)C2NC(=O)c1cc(Br)sc1Br. The molecule has 1 aromatic heterocycles. The summed E-state index contributed by atoms with van der Waals surface area (Å²) < 4.78 is 1.88. The third kappa shape index (κ3) is 2.20. The van der Waals surface area contributed by atoms with Crippen molar-refractivity contribution in [2.45, 2.75) is 46.1 Å². The largest absolute Gasteiger partial charge is 0.348 e. The normalized spacial score (nSPS) is 34.5. The van der Waals surface area contributed by atoms with Gasteiger partial charge in [0.05, 0.1) is 13.1 Å². The number of hydrogen-bond donors (Lipinski definition) is 1. The summed E-state index contributed by atoms with van der Waals surface area (Å²) in [4.78, 5) is 12.6. The molecule has 1 heterocycles. The number of amides is 1. The molecule has 0 spiro atoms. The molecule has 1 N–H and O–H groups in total. The number of rotatable bonds is 2. The van der Waals surface area contributed by atoms with Crippen LogP contribution in [0.2, 0.25) is 0 Å². The Balaban J connectivity index is 1.84. The van der Waals surface area contributed by atoms with E-state index in [1.54, 1.807) is 11.3 Å². The summed E-state index contributed by atoms with van der Waals surface area (Å²) >= 11 is 8.46. The van der Waals surface area contributed by atoms with E-state index < -0.39 is 0 Å². The second-order valence-corrected chi connectivity index (χ2v) is 10.8. The maximum atomic E-state index is 12.6. The molecule has 3 atom stereocenters. The van der Waals surface area contributed by atoms with Crippen LogP contribution in [0.5, 0.6) is 0 Å². The lowest BCUT2D eigenvalue weighted by Gasteiger charge is -2.43. The molecule has 2 aliphatic carbocycles. The molecule has 3 unspecified atom stereocenters. The molecule has 0 aromatic carbocycles. The lowest BCUT2D eigenvalue weighted by atomic mass is 9.68. The number of halogens is 2. The first-order valence-electron chi connectivity index (χ1n) is 7.00. The number of carbonyl (C=O) groups excluding carboxylic acids is 1. The molecule has 2 nitrogen and oxygen atoms in total. The van der Waals surface area contributed by atoms with Crippen LogP contribution in [-0.2, 0) is 0 Å². The summed E-state index contributed by atoms with van der Waals surface area (Å²) in [7, 11) is 0. The fraction of sp³-hybridized carbons (Fsp3) is 0.667. The fourth-order valence-electron chi connectivity index (χ4n) is 4.37. The Hall–Kier alpha value is 0.130. The summed E-state index contributed by atoms with van der Waals surface area (Å²) in [5.74, 6) is 0.793. The maximum absolute atomic E-state index is 12.6. The van der Waals surface area contributed by atoms with Crippen LogP contribution in [-0.4, -0.2) is 11.9 Å². The molecule has 3 rings (SSSR count). The molecule has 2 bridgehead atoms. The molecule has 2 aliphatic rings. The molecule has 2 fully saturated rings. The zero-order chi connectivity index (χ0) is 14.7. The highest BCUT2D eigenvalue weighted by molar-refractivity contribution is 9.12. The summed E-state index contributed by atoms with van der Waals surface area (Å²) in [6.45, 7) is 6.96. The molecule has 110 valence electrons. The van der Waals surface area contributed by atoms with Gasteiger partial charge in [0.25, 0.3) is 5.91 Å². The van der Waals surface area contributed by atoms with E-state index in [-0.39, 0.29) is 22.8 Å². The molecular weight excluding hydrogens is 402 g/mol. The van der Waals surface area contributed by atoms with Crippen molar-refractivity contribution in [2.24, 2.45) is 16.7 Å². The number of nitrogens with one attached hydrogen (secondary N) is 1. The first-order valence-corrected chi connectivity index (χ1v) is 9.40. The van der Waals surface area contributed by atoms with Gasteiger partial charge < -0.3 is 5.32 Å². The zero-order valence-corrected chi connectivity index (χ0v) is 15.9. The van der Waals surface area contributed by atoms with Gasteiger partial charge in [0.15, 0.2) is 0 Å². The van der Waals surface area contributed by atoms with Crippen molar-refractivity contribution in [3.63, 3.8) is 0 Å². The standard InChI is InChI=1S/C15H19Br2NOS/c1-14(2)8-4-5-15(3,7-8)13(14)18-12(19)9-6-10(16)20-11(9)17/h6,8,13H,4-5,7H2,1-3H3,(H,18,19). The van der Waals surface area contributed by atoms with Gasteiger partial charge in [0.2, 0.25) is 0 Å². The number of carbonyl (C=O) groups is 1. The molecule has 1 aromatic rings. The Morgan fingerprint density at radius 1 is 1.40 bits per heavy atom. The summed E-state index contributed by atoms with van der Waals surface area (Å²) in [5, 5.41) is 3.33. The van der Waals surface area contributed by atoms with Gasteiger partial charge in [-0.15, -0.1) is 11.3 Å². The van der Waals surface area contributed by atoms with Crippen molar-refractivity contribution in [2.75, 3.05) is 0 Å². The van der Waals surface area contributed by atoms with Crippen molar-refractivity contribution < 1.29 is 4.79 Å². The minimum absolute atomic E-state index is 0.0469. The van der Waals surface area contributed by atoms with Gasteiger partial charge >= 0.3 is 0 Å². The van der Waals surface area contributed by atoms with Crippen LogP contribution in [0.25, 0.3) is 0 Å². The molecule has 2 saturated carbocycles. The van der Waals surface area contributed by atoms with Gasteiger partial charge in [-0.3, -0.25) is 4.79 Å². The van der Waals surface area contributed by atoms with Gasteiger partial charge in [-0.2, -0.15) is 0 Å². The predicted octanol–water partition coefficient (Wildman–Crippen LogP) is 5.22. The second-order valence-electron chi connectivity index (χ2n) is 7.06. The number of fused-ring (bicyclic) bond motifs is 2. The van der Waals surface area contributed by atoms with E-state index in [4.69, 9.17) is 0 Å². The van der Waals surface area contributed by atoms with E-state index in [2.05, 4.69) is 57.9 Å². The topological polar surface area (TPSA) is 29.1 Å². The smallest absolute Gasteiger partial charge is 0.253 e. The average molecular weight is 421 g/mol. The second kappa shape index (κ2) is 4.82. The van der Waals surface area contributed by atoms with Crippen molar-refractivity contribution in [3.8, 4) is 0 Å². The van der Waals surface area contributed by atoms with Crippen LogP contribution in [0.1, 0.15) is 50.4 Å². The van der Waals surface area contributed by atoms with Crippen LogP contribution in [0.15, 0.2) is 13.6 Å². The van der Waals surface area contributed by atoms with Crippen LogP contribution >= 0.6 is 43.2 Å². The molecule has 20 heavy (non-hydrogen) atoms. The van der Waals surface area contributed by atoms with E-state index >= 15 is 0 Å². The predicted molar refractivity (Wildman–Crippen MR) is 90.2 cm³/mol. The highest BCUT2D eigenvalue weighted by Gasteiger charge is 2.59. The third-order valence-electron chi connectivity index (χ3n) is 5.45. The molecule has 0 radical (unpaired) electrons. The van der Waals surface area contributed by atoms with Crippen molar-refractivity contribution in [3.05, 3.63) is 19.2 Å². The van der Waals surface area contributed by atoms with E-state index in [1.807, 2.05) is 6.07 Å². The molecule has 0 aliphatic heterocycles. The van der Waals surface area contributed by atoms with E-state index in [0.717, 1.165) is 19.1 Å². The minimum atomic E-state index is 0.0469. The Bertz CT molecular complexity index is 563. The molecule has 1 amide bonds. The van der Waals surface area contributed by atoms with Crippen LogP contribution in [0.4, 0.5) is 0 Å². The molecule has 5 heteroatoms. The number of thiophene rings is 1. The Morgan fingerprint density at radius 2 is 2.10 bits per heavy atom. The number of hydrogen-bond acceptors (Lipinski definition) is 2. The fourth-order valence-corrected chi connectivity index (χ4v) is 7.16. The summed E-state index contributed by atoms with van der Waals surface area (Å²) in [5.41, 5.74) is 1.20. The summed E-state index contributed by atoms with van der Waals surface area (Å²) in [6, 6.07) is 2.17. The Labute approximate surface area is 141 Å².